The molecule has 0 fully saturated rings. The lowest BCUT2D eigenvalue weighted by atomic mass is 10.7. The van der Waals surface area contributed by atoms with Crippen LogP contribution in [0.25, 0.3) is 0 Å². The standard InChI is InChI=1S/C4H12N2O.CH3NO/c5-1-3-7-4-2-6;2-1-3/h1-6H2;1H,(H2,2,3). The van der Waals surface area contributed by atoms with Crippen LogP contribution in [0.2, 0.25) is 0 Å². The van der Waals surface area contributed by atoms with Gasteiger partial charge in [0, 0.05) is 13.1 Å². The van der Waals surface area contributed by atoms with E-state index in [2.05, 4.69) is 5.73 Å². The van der Waals surface area contributed by atoms with Crippen LogP contribution >= 0.6 is 0 Å². The number of rotatable bonds is 4. The number of amides is 1. The molecule has 5 heteroatoms. The monoisotopic (exact) mass is 149 g/mol. The van der Waals surface area contributed by atoms with Gasteiger partial charge in [0.25, 0.3) is 0 Å². The summed E-state index contributed by atoms with van der Waals surface area (Å²) in [5.41, 5.74) is 14.4. The van der Waals surface area contributed by atoms with E-state index in [0.717, 1.165) is 0 Å². The zero-order chi connectivity index (χ0) is 8.24. The zero-order valence-electron chi connectivity index (χ0n) is 5.95. The van der Waals surface area contributed by atoms with Crippen LogP contribution < -0.4 is 17.2 Å². The molecule has 6 N–H and O–H groups in total. The maximum atomic E-state index is 8.58. The predicted molar refractivity (Wildman–Crippen MR) is 39.2 cm³/mol. The lowest BCUT2D eigenvalue weighted by Gasteiger charge is -1.95. The molecule has 10 heavy (non-hydrogen) atoms. The van der Waals surface area contributed by atoms with Crippen LogP contribution in [0.4, 0.5) is 0 Å². The Labute approximate surface area is 60.5 Å². The van der Waals surface area contributed by atoms with Gasteiger partial charge in [0.15, 0.2) is 0 Å². The van der Waals surface area contributed by atoms with Crippen molar-refractivity contribution in [2.24, 2.45) is 17.2 Å². The third kappa shape index (κ3) is 26.4. The first kappa shape index (κ1) is 12.1. The average Bonchev–Trinajstić information content (AvgIpc) is 1.91. The van der Waals surface area contributed by atoms with Gasteiger partial charge < -0.3 is 21.9 Å². The summed E-state index contributed by atoms with van der Waals surface area (Å²) in [7, 11) is 0. The van der Waals surface area contributed by atoms with Gasteiger partial charge in [-0.2, -0.15) is 0 Å². The molecule has 0 radical (unpaired) electrons. The van der Waals surface area contributed by atoms with Crippen LogP contribution in [0.1, 0.15) is 0 Å². The summed E-state index contributed by atoms with van der Waals surface area (Å²) in [6, 6.07) is 0. The summed E-state index contributed by atoms with van der Waals surface area (Å²) in [6.07, 6.45) is 0.250. The second-order valence-corrected chi connectivity index (χ2v) is 1.33. The van der Waals surface area contributed by atoms with Crippen LogP contribution in [-0.4, -0.2) is 32.7 Å². The molecule has 0 aromatic rings. The molecule has 0 saturated carbocycles. The topological polar surface area (TPSA) is 104 Å². The van der Waals surface area contributed by atoms with Crippen molar-refractivity contribution in [3.63, 3.8) is 0 Å². The van der Waals surface area contributed by atoms with Crippen molar-refractivity contribution >= 4 is 6.41 Å². The van der Waals surface area contributed by atoms with Crippen LogP contribution in [0, 0.1) is 0 Å². The van der Waals surface area contributed by atoms with Gasteiger partial charge in [-0.3, -0.25) is 4.79 Å². The van der Waals surface area contributed by atoms with Crippen molar-refractivity contribution < 1.29 is 9.53 Å². The Morgan fingerprint density at radius 3 is 1.70 bits per heavy atom. The maximum Gasteiger partial charge on any atom is 0.204 e. The smallest absolute Gasteiger partial charge is 0.204 e. The minimum absolute atomic E-state index is 0.250. The van der Waals surface area contributed by atoms with Crippen molar-refractivity contribution in [1.82, 2.24) is 0 Å². The number of carbonyl (C=O) groups is 1. The van der Waals surface area contributed by atoms with Crippen LogP contribution in [0.15, 0.2) is 0 Å². The fourth-order valence-corrected chi connectivity index (χ4v) is 0.269. The average molecular weight is 149 g/mol. The number of primary amides is 1. The van der Waals surface area contributed by atoms with Gasteiger partial charge >= 0.3 is 0 Å². The Morgan fingerprint density at radius 2 is 1.50 bits per heavy atom. The third-order valence-corrected chi connectivity index (χ3v) is 0.524. The van der Waals surface area contributed by atoms with Gasteiger partial charge in [0.2, 0.25) is 6.41 Å². The van der Waals surface area contributed by atoms with Crippen LogP contribution in [0.5, 0.6) is 0 Å². The van der Waals surface area contributed by atoms with E-state index in [0.29, 0.717) is 26.3 Å². The molecule has 0 unspecified atom stereocenters. The molecule has 0 saturated heterocycles. The van der Waals surface area contributed by atoms with E-state index in [4.69, 9.17) is 21.0 Å². The highest BCUT2D eigenvalue weighted by molar-refractivity contribution is 5.42. The van der Waals surface area contributed by atoms with Crippen LogP contribution in [-0.2, 0) is 9.53 Å². The van der Waals surface area contributed by atoms with E-state index in [9.17, 15) is 0 Å². The summed E-state index contributed by atoms with van der Waals surface area (Å²) in [5, 5.41) is 0. The zero-order valence-corrected chi connectivity index (χ0v) is 5.95. The van der Waals surface area contributed by atoms with Crippen molar-refractivity contribution in [2.45, 2.75) is 0 Å². The number of hydrogen-bond acceptors (Lipinski definition) is 4. The lowest BCUT2D eigenvalue weighted by molar-refractivity contribution is -0.106. The first-order valence-electron chi connectivity index (χ1n) is 2.96. The molecule has 5 nitrogen and oxygen atoms in total. The summed E-state index contributed by atoms with van der Waals surface area (Å²) in [4.78, 5) is 8.58. The molecule has 62 valence electrons. The Morgan fingerprint density at radius 1 is 1.20 bits per heavy atom. The number of hydrogen-bond donors (Lipinski definition) is 3. The summed E-state index contributed by atoms with van der Waals surface area (Å²) < 4.78 is 4.88. The fourth-order valence-electron chi connectivity index (χ4n) is 0.269. The molecule has 0 bridgehead atoms. The largest absolute Gasteiger partial charge is 0.379 e. The van der Waals surface area contributed by atoms with Gasteiger partial charge in [0.1, 0.15) is 0 Å². The molecule has 0 aliphatic rings. The molecular weight excluding hydrogens is 134 g/mol. The Hall–Kier alpha value is -0.650. The predicted octanol–water partition coefficient (Wildman–Crippen LogP) is -1.98. The minimum Gasteiger partial charge on any atom is -0.379 e. The van der Waals surface area contributed by atoms with Gasteiger partial charge in [-0.15, -0.1) is 0 Å². The molecule has 0 atom stereocenters. The molecule has 0 spiro atoms. The molecule has 1 amide bonds. The second-order valence-electron chi connectivity index (χ2n) is 1.33. The molecular formula is C5H15N3O2. The Kier molecular flexibility index (Phi) is 19.0. The lowest BCUT2D eigenvalue weighted by Crippen LogP contribution is -2.13. The number of carbonyl (C=O) groups excluding carboxylic acids is 1. The van der Waals surface area contributed by atoms with E-state index in [1.165, 1.54) is 0 Å². The Bertz CT molecular complexity index is 56.9. The molecule has 0 aromatic heterocycles. The van der Waals surface area contributed by atoms with E-state index in [-0.39, 0.29) is 6.41 Å². The van der Waals surface area contributed by atoms with Crippen molar-refractivity contribution in [3.05, 3.63) is 0 Å². The van der Waals surface area contributed by atoms with Crippen molar-refractivity contribution in [1.29, 1.82) is 0 Å². The van der Waals surface area contributed by atoms with Gasteiger partial charge in [-0.25, -0.2) is 0 Å². The minimum atomic E-state index is 0.250. The highest BCUT2D eigenvalue weighted by Crippen LogP contribution is 1.65. The summed E-state index contributed by atoms with van der Waals surface area (Å²) in [5.74, 6) is 0. The quantitative estimate of drug-likeness (QED) is 0.318. The second kappa shape index (κ2) is 15.8. The molecule has 0 rings (SSSR count). The highest BCUT2D eigenvalue weighted by atomic mass is 16.5. The van der Waals surface area contributed by atoms with Crippen LogP contribution in [0.3, 0.4) is 0 Å². The maximum absolute atomic E-state index is 8.58. The summed E-state index contributed by atoms with van der Waals surface area (Å²) in [6.45, 7) is 2.41. The van der Waals surface area contributed by atoms with Crippen molar-refractivity contribution in [2.75, 3.05) is 26.3 Å². The number of nitrogens with two attached hydrogens (primary N) is 3. The molecule has 0 aliphatic heterocycles. The van der Waals surface area contributed by atoms with E-state index >= 15 is 0 Å². The summed E-state index contributed by atoms with van der Waals surface area (Å²) >= 11 is 0. The van der Waals surface area contributed by atoms with E-state index in [1.807, 2.05) is 0 Å². The first-order valence-corrected chi connectivity index (χ1v) is 2.96. The Balaban J connectivity index is 0. The normalized spacial score (nSPS) is 7.80. The van der Waals surface area contributed by atoms with Crippen molar-refractivity contribution in [3.8, 4) is 0 Å². The molecule has 0 aliphatic carbocycles. The number of ether oxygens (including phenoxy) is 1. The third-order valence-electron chi connectivity index (χ3n) is 0.524. The molecule has 0 aromatic carbocycles. The van der Waals surface area contributed by atoms with E-state index < -0.39 is 0 Å². The van der Waals surface area contributed by atoms with Gasteiger partial charge in [0.05, 0.1) is 13.2 Å². The van der Waals surface area contributed by atoms with E-state index in [1.54, 1.807) is 0 Å². The molecule has 0 heterocycles. The van der Waals surface area contributed by atoms with Gasteiger partial charge in [-0.1, -0.05) is 0 Å². The fraction of sp³-hybridized carbons (Fsp3) is 0.800. The van der Waals surface area contributed by atoms with Gasteiger partial charge in [-0.05, 0) is 0 Å². The SMILES string of the molecule is NC=O.NCCOCCN. The first-order chi connectivity index (χ1) is 4.83. The highest BCUT2D eigenvalue weighted by Gasteiger charge is 1.77.